The highest BCUT2D eigenvalue weighted by Gasteiger charge is 2.06. The van der Waals surface area contributed by atoms with E-state index in [0.29, 0.717) is 0 Å². The number of aryl methyl sites for hydroxylation is 3. The van der Waals surface area contributed by atoms with Crippen molar-refractivity contribution < 1.29 is 0 Å². The van der Waals surface area contributed by atoms with E-state index in [1.54, 1.807) is 0 Å². The van der Waals surface area contributed by atoms with Gasteiger partial charge < -0.3 is 15.2 Å². The number of nitrogens with one attached hydrogen (secondary N) is 2. The number of para-hydroxylation sites is 2. The van der Waals surface area contributed by atoms with Crippen LogP contribution in [0.2, 0.25) is 0 Å². The second kappa shape index (κ2) is 9.21. The van der Waals surface area contributed by atoms with E-state index in [0.717, 1.165) is 56.3 Å². The first-order valence-corrected chi connectivity index (χ1v) is 9.59. The van der Waals surface area contributed by atoms with Gasteiger partial charge in [0.05, 0.1) is 17.2 Å². The lowest BCUT2D eigenvalue weighted by Gasteiger charge is -2.11. The number of benzene rings is 1. The van der Waals surface area contributed by atoms with Crippen molar-refractivity contribution >= 4 is 17.0 Å². The Morgan fingerprint density at radius 2 is 2.07 bits per heavy atom. The van der Waals surface area contributed by atoms with Gasteiger partial charge in [-0.2, -0.15) is 5.10 Å². The smallest absolute Gasteiger partial charge is 0.191 e. The summed E-state index contributed by atoms with van der Waals surface area (Å²) in [6, 6.07) is 8.28. The number of hydrogen-bond acceptors (Lipinski definition) is 3. The van der Waals surface area contributed by atoms with Crippen LogP contribution in [0.15, 0.2) is 41.7 Å². The molecule has 0 saturated heterocycles. The second-order valence-corrected chi connectivity index (χ2v) is 6.61. The zero-order valence-corrected chi connectivity index (χ0v) is 16.4. The molecule has 0 unspecified atom stereocenters. The van der Waals surface area contributed by atoms with Gasteiger partial charge in [-0.05, 0) is 44.4 Å². The standard InChI is InChI=1S/C20H29N7/c1-4-21-20(23-12-10-17-14-24-26(3)15-17)22-11-7-13-27-16(2)25-18-8-5-6-9-19(18)27/h5-6,8-9,14-15H,4,7,10-13H2,1-3H3,(H2,21,22,23). The molecule has 27 heavy (non-hydrogen) atoms. The predicted molar refractivity (Wildman–Crippen MR) is 110 cm³/mol. The number of guanidine groups is 1. The van der Waals surface area contributed by atoms with Crippen LogP contribution >= 0.6 is 0 Å². The fraction of sp³-hybridized carbons (Fsp3) is 0.450. The Kier molecular flexibility index (Phi) is 6.46. The van der Waals surface area contributed by atoms with Crippen LogP contribution in [0.3, 0.4) is 0 Å². The highest BCUT2D eigenvalue weighted by atomic mass is 15.2. The van der Waals surface area contributed by atoms with E-state index in [1.165, 1.54) is 11.1 Å². The normalized spacial score (nSPS) is 11.9. The summed E-state index contributed by atoms with van der Waals surface area (Å²) in [5, 5.41) is 10.9. The lowest BCUT2D eigenvalue weighted by atomic mass is 10.2. The fourth-order valence-corrected chi connectivity index (χ4v) is 3.17. The van der Waals surface area contributed by atoms with Crippen LogP contribution in [-0.4, -0.2) is 44.9 Å². The summed E-state index contributed by atoms with van der Waals surface area (Å²) in [6.07, 6.45) is 5.85. The maximum Gasteiger partial charge on any atom is 0.191 e. The average Bonchev–Trinajstić information content (AvgIpc) is 3.21. The molecule has 7 nitrogen and oxygen atoms in total. The molecule has 7 heteroatoms. The van der Waals surface area contributed by atoms with E-state index in [2.05, 4.69) is 57.3 Å². The summed E-state index contributed by atoms with van der Waals surface area (Å²) in [5.41, 5.74) is 3.48. The van der Waals surface area contributed by atoms with Gasteiger partial charge in [0.25, 0.3) is 0 Å². The molecule has 144 valence electrons. The highest BCUT2D eigenvalue weighted by molar-refractivity contribution is 5.79. The van der Waals surface area contributed by atoms with Crippen LogP contribution in [0.5, 0.6) is 0 Å². The predicted octanol–water partition coefficient (Wildman–Crippen LogP) is 2.27. The van der Waals surface area contributed by atoms with Gasteiger partial charge in [0.1, 0.15) is 5.82 Å². The number of hydrogen-bond donors (Lipinski definition) is 2. The van der Waals surface area contributed by atoms with Crippen LogP contribution in [0, 0.1) is 6.92 Å². The van der Waals surface area contributed by atoms with Gasteiger partial charge in [-0.3, -0.25) is 9.67 Å². The number of imidazole rings is 1. The molecular weight excluding hydrogens is 338 g/mol. The highest BCUT2D eigenvalue weighted by Crippen LogP contribution is 2.15. The molecule has 0 atom stereocenters. The molecule has 0 radical (unpaired) electrons. The Morgan fingerprint density at radius 1 is 1.22 bits per heavy atom. The molecule has 0 saturated carbocycles. The molecule has 0 amide bonds. The topological polar surface area (TPSA) is 72.1 Å². The zero-order chi connectivity index (χ0) is 19.1. The van der Waals surface area contributed by atoms with Gasteiger partial charge >= 0.3 is 0 Å². The molecule has 0 aliphatic carbocycles. The molecule has 3 rings (SSSR count). The van der Waals surface area contributed by atoms with Gasteiger partial charge in [0.15, 0.2) is 5.96 Å². The maximum atomic E-state index is 4.70. The van der Waals surface area contributed by atoms with Crippen LogP contribution in [0.1, 0.15) is 24.7 Å². The lowest BCUT2D eigenvalue weighted by molar-refractivity contribution is 0.646. The van der Waals surface area contributed by atoms with Crippen LogP contribution in [-0.2, 0) is 20.0 Å². The first-order valence-electron chi connectivity index (χ1n) is 9.59. The minimum absolute atomic E-state index is 0.772. The number of aliphatic imine (C=N–C) groups is 1. The van der Waals surface area contributed by atoms with E-state index >= 15 is 0 Å². The summed E-state index contributed by atoms with van der Waals surface area (Å²) in [4.78, 5) is 9.32. The summed E-state index contributed by atoms with van der Waals surface area (Å²) in [7, 11) is 1.94. The molecule has 0 bridgehead atoms. The zero-order valence-electron chi connectivity index (χ0n) is 16.4. The maximum absolute atomic E-state index is 4.70. The Hall–Kier alpha value is -2.83. The third-order valence-corrected chi connectivity index (χ3v) is 4.46. The van der Waals surface area contributed by atoms with Gasteiger partial charge in [0, 0.05) is 39.4 Å². The molecule has 2 N–H and O–H groups in total. The van der Waals surface area contributed by atoms with E-state index in [4.69, 9.17) is 4.99 Å². The van der Waals surface area contributed by atoms with E-state index in [9.17, 15) is 0 Å². The summed E-state index contributed by atoms with van der Waals surface area (Å²) >= 11 is 0. The quantitative estimate of drug-likeness (QED) is 0.364. The van der Waals surface area contributed by atoms with Gasteiger partial charge in [-0.15, -0.1) is 0 Å². The van der Waals surface area contributed by atoms with E-state index < -0.39 is 0 Å². The van der Waals surface area contributed by atoms with Crippen molar-refractivity contribution in [2.24, 2.45) is 12.0 Å². The minimum atomic E-state index is 0.772. The van der Waals surface area contributed by atoms with Crippen molar-refractivity contribution in [2.75, 3.05) is 19.6 Å². The first kappa shape index (κ1) is 18.9. The lowest BCUT2D eigenvalue weighted by Crippen LogP contribution is -2.38. The first-order chi connectivity index (χ1) is 13.2. The number of fused-ring (bicyclic) bond motifs is 1. The molecule has 2 aromatic heterocycles. The molecule has 3 aromatic rings. The van der Waals surface area contributed by atoms with Gasteiger partial charge in [-0.25, -0.2) is 4.98 Å². The molecule has 1 aromatic carbocycles. The summed E-state index contributed by atoms with van der Waals surface area (Å²) in [5.74, 6) is 1.93. The van der Waals surface area contributed by atoms with Crippen molar-refractivity contribution in [3.05, 3.63) is 48.0 Å². The summed E-state index contributed by atoms with van der Waals surface area (Å²) in [6.45, 7) is 7.53. The minimum Gasteiger partial charge on any atom is -0.357 e. The average molecular weight is 368 g/mol. The van der Waals surface area contributed by atoms with Crippen molar-refractivity contribution in [1.82, 2.24) is 30.0 Å². The van der Waals surface area contributed by atoms with Crippen molar-refractivity contribution in [2.45, 2.75) is 33.2 Å². The van der Waals surface area contributed by atoms with Crippen molar-refractivity contribution in [1.29, 1.82) is 0 Å². The van der Waals surface area contributed by atoms with Gasteiger partial charge in [0.2, 0.25) is 0 Å². The van der Waals surface area contributed by atoms with Gasteiger partial charge in [-0.1, -0.05) is 12.1 Å². The Bertz CT molecular complexity index is 891. The fourth-order valence-electron chi connectivity index (χ4n) is 3.17. The van der Waals surface area contributed by atoms with Crippen LogP contribution in [0.25, 0.3) is 11.0 Å². The van der Waals surface area contributed by atoms with E-state index in [-0.39, 0.29) is 0 Å². The number of nitrogens with zero attached hydrogens (tertiary/aromatic N) is 5. The molecule has 0 spiro atoms. The van der Waals surface area contributed by atoms with Crippen LogP contribution < -0.4 is 10.6 Å². The van der Waals surface area contributed by atoms with Crippen molar-refractivity contribution in [3.8, 4) is 0 Å². The monoisotopic (exact) mass is 367 g/mol. The molecule has 0 aliphatic rings. The largest absolute Gasteiger partial charge is 0.357 e. The van der Waals surface area contributed by atoms with Crippen molar-refractivity contribution in [3.63, 3.8) is 0 Å². The molecule has 0 fully saturated rings. The SMILES string of the molecule is CCNC(=NCCCn1c(C)nc2ccccc21)NCCc1cnn(C)c1. The Labute approximate surface area is 160 Å². The van der Waals surface area contributed by atoms with Crippen LogP contribution in [0.4, 0.5) is 0 Å². The molecule has 2 heterocycles. The number of rotatable bonds is 8. The second-order valence-electron chi connectivity index (χ2n) is 6.61. The third kappa shape index (κ3) is 5.09. The number of aromatic nitrogens is 4. The Balaban J connectivity index is 1.50. The third-order valence-electron chi connectivity index (χ3n) is 4.46. The molecular formula is C20H29N7. The Morgan fingerprint density at radius 3 is 2.85 bits per heavy atom. The molecule has 0 aliphatic heterocycles. The van der Waals surface area contributed by atoms with E-state index in [1.807, 2.05) is 30.2 Å². The summed E-state index contributed by atoms with van der Waals surface area (Å²) < 4.78 is 4.10.